The van der Waals surface area contributed by atoms with Crippen molar-refractivity contribution in [2.45, 2.75) is 53.4 Å². The third kappa shape index (κ3) is 6.48. The van der Waals surface area contributed by atoms with Crippen LogP contribution >= 0.6 is 11.6 Å². The fourth-order valence-corrected chi connectivity index (χ4v) is 1.92. The third-order valence-electron chi connectivity index (χ3n) is 3.13. The van der Waals surface area contributed by atoms with Crippen molar-refractivity contribution in [2.24, 2.45) is 5.41 Å². The Balaban J connectivity index is 2.57. The first-order chi connectivity index (χ1) is 10.6. The molecule has 1 aromatic carbocycles. The van der Waals surface area contributed by atoms with E-state index < -0.39 is 23.8 Å². The average molecular weight is 342 g/mol. The number of hydrogen-bond donors (Lipinski definition) is 1. The molecule has 0 fully saturated rings. The molecule has 128 valence electrons. The van der Waals surface area contributed by atoms with Gasteiger partial charge in [-0.25, -0.2) is 4.79 Å². The molecule has 5 nitrogen and oxygen atoms in total. The molecule has 0 aliphatic carbocycles. The van der Waals surface area contributed by atoms with Gasteiger partial charge in [-0.05, 0) is 44.9 Å². The molecule has 0 spiro atoms. The van der Waals surface area contributed by atoms with E-state index in [2.05, 4.69) is 5.32 Å². The smallest absolute Gasteiger partial charge is 0.410 e. The molecule has 0 aliphatic heterocycles. The van der Waals surface area contributed by atoms with Crippen LogP contribution in [0.4, 0.5) is 4.79 Å². The third-order valence-corrected chi connectivity index (χ3v) is 3.38. The maximum absolute atomic E-state index is 11.9. The molecule has 0 aliphatic rings. The normalized spacial score (nSPS) is 13.8. The molecule has 1 aromatic rings. The lowest BCUT2D eigenvalue weighted by Gasteiger charge is -2.22. The van der Waals surface area contributed by atoms with Crippen molar-refractivity contribution < 1.29 is 19.1 Å². The van der Waals surface area contributed by atoms with Gasteiger partial charge < -0.3 is 14.8 Å². The summed E-state index contributed by atoms with van der Waals surface area (Å²) in [6.45, 7) is 8.65. The van der Waals surface area contributed by atoms with Crippen molar-refractivity contribution in [3.63, 3.8) is 0 Å². The lowest BCUT2D eigenvalue weighted by molar-refractivity contribution is -0.174. The van der Waals surface area contributed by atoms with E-state index in [1.165, 1.54) is 6.92 Å². The minimum atomic E-state index is -0.954. The molecule has 6 heteroatoms. The van der Waals surface area contributed by atoms with Gasteiger partial charge in [-0.15, -0.1) is 0 Å². The molecule has 1 N–H and O–H groups in total. The molecule has 1 amide bonds. The lowest BCUT2D eigenvalue weighted by Crippen LogP contribution is -2.34. The van der Waals surface area contributed by atoms with Gasteiger partial charge in [0.05, 0.1) is 11.5 Å². The van der Waals surface area contributed by atoms with Crippen LogP contribution in [0.2, 0.25) is 5.02 Å². The number of esters is 1. The molecule has 0 saturated carbocycles. The van der Waals surface area contributed by atoms with Crippen LogP contribution in [-0.2, 0) is 14.3 Å². The zero-order chi connectivity index (χ0) is 17.6. The number of nitrogens with one attached hydrogen (secondary N) is 1. The van der Waals surface area contributed by atoms with Crippen molar-refractivity contribution in [1.29, 1.82) is 0 Å². The maximum Gasteiger partial charge on any atom is 0.410 e. The molecule has 2 unspecified atom stereocenters. The Bertz CT molecular complexity index is 537. The van der Waals surface area contributed by atoms with Crippen molar-refractivity contribution in [2.75, 3.05) is 0 Å². The van der Waals surface area contributed by atoms with Crippen LogP contribution in [0.25, 0.3) is 0 Å². The summed E-state index contributed by atoms with van der Waals surface area (Å²) in [7, 11) is 0. The van der Waals surface area contributed by atoms with Gasteiger partial charge in [0.25, 0.3) is 0 Å². The number of halogens is 1. The summed E-state index contributed by atoms with van der Waals surface area (Å²) in [5, 5.41) is 3.38. The topological polar surface area (TPSA) is 64.6 Å². The average Bonchev–Trinajstić information content (AvgIpc) is 2.44. The number of rotatable bonds is 5. The second kappa shape index (κ2) is 8.20. The molecule has 0 saturated heterocycles. The minimum absolute atomic E-state index is 0.203. The molecule has 0 radical (unpaired) electrons. The van der Waals surface area contributed by atoms with Crippen molar-refractivity contribution in [1.82, 2.24) is 5.32 Å². The highest BCUT2D eigenvalue weighted by molar-refractivity contribution is 6.30. The van der Waals surface area contributed by atoms with Crippen LogP contribution in [0.1, 0.15) is 52.6 Å². The minimum Gasteiger partial charge on any atom is -0.425 e. The van der Waals surface area contributed by atoms with Gasteiger partial charge in [0.2, 0.25) is 6.29 Å². The summed E-state index contributed by atoms with van der Waals surface area (Å²) in [4.78, 5) is 23.7. The highest BCUT2D eigenvalue weighted by Gasteiger charge is 2.26. The molecule has 0 aromatic heterocycles. The number of amides is 1. The van der Waals surface area contributed by atoms with Gasteiger partial charge >= 0.3 is 12.1 Å². The van der Waals surface area contributed by atoms with E-state index in [0.717, 1.165) is 5.56 Å². The Morgan fingerprint density at radius 3 is 2.22 bits per heavy atom. The van der Waals surface area contributed by atoms with Crippen LogP contribution in [0.3, 0.4) is 0 Å². The monoisotopic (exact) mass is 341 g/mol. The summed E-state index contributed by atoms with van der Waals surface area (Å²) in [6, 6.07) is 7.02. The molecular weight excluding hydrogens is 318 g/mol. The highest BCUT2D eigenvalue weighted by atomic mass is 35.5. The second-order valence-electron chi connectivity index (χ2n) is 6.28. The zero-order valence-electron chi connectivity index (χ0n) is 14.2. The Kier molecular flexibility index (Phi) is 6.88. The predicted molar refractivity (Wildman–Crippen MR) is 89.1 cm³/mol. The van der Waals surface area contributed by atoms with Gasteiger partial charge in [0.15, 0.2) is 0 Å². The van der Waals surface area contributed by atoms with E-state index in [9.17, 15) is 9.59 Å². The van der Waals surface area contributed by atoms with E-state index in [-0.39, 0.29) is 6.04 Å². The molecule has 0 bridgehead atoms. The molecule has 23 heavy (non-hydrogen) atoms. The quantitative estimate of drug-likeness (QED) is 0.634. The first-order valence-electron chi connectivity index (χ1n) is 7.57. The Hall–Kier alpha value is -1.75. The van der Waals surface area contributed by atoms with Crippen molar-refractivity contribution in [3.8, 4) is 0 Å². The number of carbonyl (C=O) groups excluding carboxylic acids is 2. The fraction of sp³-hybridized carbons (Fsp3) is 0.529. The summed E-state index contributed by atoms with van der Waals surface area (Å²) >= 11 is 5.86. The van der Waals surface area contributed by atoms with Crippen LogP contribution in [0, 0.1) is 5.41 Å². The summed E-state index contributed by atoms with van der Waals surface area (Å²) in [6.07, 6.45) is -0.905. The van der Waals surface area contributed by atoms with Crippen molar-refractivity contribution in [3.05, 3.63) is 34.9 Å². The van der Waals surface area contributed by atoms with E-state index in [0.29, 0.717) is 11.4 Å². The maximum atomic E-state index is 11.9. The molecular formula is C17H24ClNO4. The standard InChI is InChI=1S/C17H24ClNO4/c1-6-14(12-7-9-13(18)10-8-12)19-16(21)23-11(2)22-15(20)17(3,4)5/h7-11,14H,6H2,1-5H3,(H,19,21). The Morgan fingerprint density at radius 1 is 1.17 bits per heavy atom. The Morgan fingerprint density at radius 2 is 1.74 bits per heavy atom. The zero-order valence-corrected chi connectivity index (χ0v) is 14.9. The van der Waals surface area contributed by atoms with Gasteiger partial charge in [-0.2, -0.15) is 0 Å². The summed E-state index contributed by atoms with van der Waals surface area (Å²) < 4.78 is 10.2. The molecule has 2 atom stereocenters. The van der Waals surface area contributed by atoms with E-state index in [1.807, 2.05) is 19.1 Å². The van der Waals surface area contributed by atoms with Crippen LogP contribution in [0.15, 0.2) is 24.3 Å². The predicted octanol–water partition coefficient (Wildman–Crippen LogP) is 4.45. The SMILES string of the molecule is CCC(NC(=O)OC(C)OC(=O)C(C)(C)C)c1ccc(Cl)cc1. The molecule has 0 heterocycles. The number of hydrogen-bond acceptors (Lipinski definition) is 4. The summed E-state index contributed by atoms with van der Waals surface area (Å²) in [5.41, 5.74) is 0.275. The first-order valence-corrected chi connectivity index (χ1v) is 7.95. The van der Waals surface area contributed by atoms with Gasteiger partial charge in [0, 0.05) is 11.9 Å². The van der Waals surface area contributed by atoms with Crippen LogP contribution in [-0.4, -0.2) is 18.4 Å². The fourth-order valence-electron chi connectivity index (χ4n) is 1.79. The van der Waals surface area contributed by atoms with Crippen LogP contribution < -0.4 is 5.32 Å². The van der Waals surface area contributed by atoms with Gasteiger partial charge in [0.1, 0.15) is 0 Å². The largest absolute Gasteiger partial charge is 0.425 e. The van der Waals surface area contributed by atoms with Gasteiger partial charge in [-0.1, -0.05) is 30.7 Å². The second-order valence-corrected chi connectivity index (χ2v) is 6.72. The van der Waals surface area contributed by atoms with E-state index in [1.54, 1.807) is 32.9 Å². The number of carbonyl (C=O) groups is 2. The van der Waals surface area contributed by atoms with E-state index >= 15 is 0 Å². The van der Waals surface area contributed by atoms with Crippen LogP contribution in [0.5, 0.6) is 0 Å². The Labute approximate surface area is 142 Å². The molecule has 1 rings (SSSR count). The number of benzene rings is 1. The number of alkyl carbamates (subject to hydrolysis) is 1. The van der Waals surface area contributed by atoms with E-state index in [4.69, 9.17) is 21.1 Å². The number of ether oxygens (including phenoxy) is 2. The lowest BCUT2D eigenvalue weighted by atomic mass is 9.97. The van der Waals surface area contributed by atoms with Crippen molar-refractivity contribution >= 4 is 23.7 Å². The first kappa shape index (κ1) is 19.3. The van der Waals surface area contributed by atoms with Gasteiger partial charge in [-0.3, -0.25) is 4.79 Å². The summed E-state index contributed by atoms with van der Waals surface area (Å²) in [5.74, 6) is -0.428. The highest BCUT2D eigenvalue weighted by Crippen LogP contribution is 2.20.